The molecule has 0 rings (SSSR count). The summed E-state index contributed by atoms with van der Waals surface area (Å²) in [6.45, 7) is 37.9. The molecule has 65 heavy (non-hydrogen) atoms. The van der Waals surface area contributed by atoms with Crippen molar-refractivity contribution in [1.82, 2.24) is 0 Å². The van der Waals surface area contributed by atoms with Gasteiger partial charge in [-0.15, -0.1) is 0 Å². The lowest BCUT2D eigenvalue weighted by molar-refractivity contribution is -0.149. The van der Waals surface area contributed by atoms with E-state index in [1.54, 1.807) is 27.7 Å². The third-order valence-corrected chi connectivity index (χ3v) is 6.61. The van der Waals surface area contributed by atoms with Gasteiger partial charge in [-0.05, 0) is 46.5 Å². The van der Waals surface area contributed by atoms with Crippen molar-refractivity contribution >= 4 is 47.8 Å². The topological polar surface area (TPSA) is 238 Å². The molecule has 19 heteroatoms. The molecule has 0 heterocycles. The molecule has 0 saturated carbocycles. The minimum absolute atomic E-state index is 0.153. The Balaban J connectivity index is -0.000000382. The minimum atomic E-state index is -0.493. The number of hydrogen-bond acceptors (Lipinski definition) is 19. The molecule has 0 fully saturated rings. The number of carbonyl (C=O) groups is 8. The summed E-state index contributed by atoms with van der Waals surface area (Å²) in [6, 6.07) is 0. The van der Waals surface area contributed by atoms with Crippen LogP contribution in [0.25, 0.3) is 0 Å². The van der Waals surface area contributed by atoms with Gasteiger partial charge >= 0.3 is 47.8 Å². The van der Waals surface area contributed by atoms with Gasteiger partial charge in [0.2, 0.25) is 0 Å². The standard InChI is InChI=1S/2C12H18O5.C12H18O4.C10H14O5/c1-9(2)11(13)16-7-5-15-6-8-17-12(14)10(3)4;1-5-11(13)16-9(3)7-15-8-10(4)17-12(14)6-2;1-4-11(13)15-8-6-10(3)7-9-16-12(14)5-2;1-3-9(11)14-7-5-13-6-8-15-10(12)4-2/h1,3,5-8H2,2,4H3;5-6,9-10H,1-2,7-8H2,3-4H3;4-5,10H,1-2,6-9H2,3H3;3-4H,1-2,5-8H2. The SMILES string of the molecule is C=C(C)C(=O)OCCOCCOC(=O)C(=C)C.C=CC(=O)OC(C)COCC(C)OC(=O)C=C.C=CC(=O)OCCC(C)CCOC(=O)C=C.C=CC(=O)OCCOCCOC(=O)C=C. The van der Waals surface area contributed by atoms with E-state index in [2.05, 4.69) is 62.1 Å². The zero-order valence-electron chi connectivity index (χ0n) is 38.5. The molecule has 0 bridgehead atoms. The summed E-state index contributed by atoms with van der Waals surface area (Å²) in [5, 5.41) is 0. The van der Waals surface area contributed by atoms with Crippen LogP contribution in [0, 0.1) is 5.92 Å². The van der Waals surface area contributed by atoms with E-state index < -0.39 is 47.8 Å². The maximum absolute atomic E-state index is 10.9. The number of esters is 8. The zero-order chi connectivity index (χ0) is 50.4. The molecule has 366 valence electrons. The molecule has 0 aromatic carbocycles. The first-order valence-electron chi connectivity index (χ1n) is 20.0. The lowest BCUT2D eigenvalue weighted by Crippen LogP contribution is -2.24. The molecule has 0 aliphatic carbocycles. The van der Waals surface area contributed by atoms with Crippen LogP contribution in [0.5, 0.6) is 0 Å². The first-order valence-corrected chi connectivity index (χ1v) is 20.0. The minimum Gasteiger partial charge on any atom is -0.463 e. The third kappa shape index (κ3) is 50.1. The molecular weight excluding hydrogens is 856 g/mol. The molecule has 0 aliphatic heterocycles. The first kappa shape index (κ1) is 65.2. The predicted octanol–water partition coefficient (Wildman–Crippen LogP) is 4.80. The van der Waals surface area contributed by atoms with Crippen molar-refractivity contribution in [2.45, 2.75) is 59.7 Å². The first-order chi connectivity index (χ1) is 30.7. The molecule has 0 saturated heterocycles. The van der Waals surface area contributed by atoms with Crippen LogP contribution in [0.3, 0.4) is 0 Å². The lowest BCUT2D eigenvalue weighted by Gasteiger charge is -2.15. The van der Waals surface area contributed by atoms with E-state index in [1.165, 1.54) is 0 Å². The summed E-state index contributed by atoms with van der Waals surface area (Å²) in [6.07, 6.45) is 7.34. The average Bonchev–Trinajstić information content (AvgIpc) is 3.27. The predicted molar refractivity (Wildman–Crippen MR) is 239 cm³/mol. The fourth-order valence-electron chi connectivity index (χ4n) is 3.30. The van der Waals surface area contributed by atoms with Gasteiger partial charge in [0.05, 0.1) is 52.9 Å². The highest BCUT2D eigenvalue weighted by atomic mass is 16.6. The van der Waals surface area contributed by atoms with Crippen LogP contribution >= 0.6 is 0 Å². The van der Waals surface area contributed by atoms with E-state index in [0.717, 1.165) is 49.3 Å². The Bertz CT molecular complexity index is 1420. The zero-order valence-corrected chi connectivity index (χ0v) is 38.5. The van der Waals surface area contributed by atoms with Crippen LogP contribution in [0.1, 0.15) is 47.5 Å². The molecule has 2 atom stereocenters. The van der Waals surface area contributed by atoms with Gasteiger partial charge in [0.1, 0.15) is 38.6 Å². The van der Waals surface area contributed by atoms with Gasteiger partial charge in [-0.25, -0.2) is 38.4 Å². The van der Waals surface area contributed by atoms with E-state index in [0.29, 0.717) is 30.3 Å². The largest absolute Gasteiger partial charge is 0.463 e. The van der Waals surface area contributed by atoms with Crippen molar-refractivity contribution in [3.63, 3.8) is 0 Å². The van der Waals surface area contributed by atoms with Crippen LogP contribution in [-0.2, 0) is 90.5 Å². The van der Waals surface area contributed by atoms with Crippen LogP contribution in [0.15, 0.2) is 100 Å². The number of rotatable bonds is 32. The van der Waals surface area contributed by atoms with Gasteiger partial charge in [-0.3, -0.25) is 0 Å². The van der Waals surface area contributed by atoms with E-state index in [-0.39, 0.29) is 78.3 Å². The van der Waals surface area contributed by atoms with Crippen molar-refractivity contribution in [3.05, 3.63) is 100 Å². The van der Waals surface area contributed by atoms with Crippen molar-refractivity contribution in [2.75, 3.05) is 79.3 Å². The van der Waals surface area contributed by atoms with Gasteiger partial charge in [0.15, 0.2) is 0 Å². The molecule has 0 aliphatic rings. The second-order valence-electron chi connectivity index (χ2n) is 12.7. The van der Waals surface area contributed by atoms with Crippen LogP contribution in [-0.4, -0.2) is 139 Å². The van der Waals surface area contributed by atoms with Gasteiger partial charge in [0.25, 0.3) is 0 Å². The Kier molecular flexibility index (Phi) is 45.7. The number of carbonyl (C=O) groups excluding carboxylic acids is 8. The Hall–Kier alpha value is -6.44. The fourth-order valence-corrected chi connectivity index (χ4v) is 3.30. The van der Waals surface area contributed by atoms with Crippen molar-refractivity contribution in [3.8, 4) is 0 Å². The maximum atomic E-state index is 10.9. The number of ether oxygens (including phenoxy) is 11. The molecule has 0 aromatic rings. The summed E-state index contributed by atoms with van der Waals surface area (Å²) in [5.74, 6) is -3.34. The molecule has 0 N–H and O–H groups in total. The Labute approximate surface area is 382 Å². The average molecular weight is 925 g/mol. The van der Waals surface area contributed by atoms with E-state index in [1.807, 2.05) is 6.92 Å². The Morgan fingerprint density at radius 2 is 0.646 bits per heavy atom. The normalized spacial score (nSPS) is 10.4. The molecule has 0 amide bonds. The molecule has 2 unspecified atom stereocenters. The summed E-state index contributed by atoms with van der Waals surface area (Å²) in [4.78, 5) is 86.1. The van der Waals surface area contributed by atoms with Crippen LogP contribution in [0.2, 0.25) is 0 Å². The highest BCUT2D eigenvalue weighted by Crippen LogP contribution is 2.08. The molecular formula is C46H68O19. The maximum Gasteiger partial charge on any atom is 0.333 e. The van der Waals surface area contributed by atoms with E-state index in [4.69, 9.17) is 42.6 Å². The monoisotopic (exact) mass is 924 g/mol. The summed E-state index contributed by atoms with van der Waals surface area (Å²) in [5.41, 5.74) is 0.695. The molecule has 0 radical (unpaired) electrons. The second kappa shape index (κ2) is 45.6. The van der Waals surface area contributed by atoms with E-state index >= 15 is 0 Å². The van der Waals surface area contributed by atoms with E-state index in [9.17, 15) is 38.4 Å². The van der Waals surface area contributed by atoms with Gasteiger partial charge in [-0.2, -0.15) is 0 Å². The van der Waals surface area contributed by atoms with Crippen LogP contribution in [0.4, 0.5) is 0 Å². The highest BCUT2D eigenvalue weighted by Gasteiger charge is 2.11. The Morgan fingerprint density at radius 1 is 0.385 bits per heavy atom. The smallest absolute Gasteiger partial charge is 0.333 e. The van der Waals surface area contributed by atoms with Crippen molar-refractivity contribution in [1.29, 1.82) is 0 Å². The second-order valence-corrected chi connectivity index (χ2v) is 12.7. The van der Waals surface area contributed by atoms with Crippen molar-refractivity contribution < 1.29 is 90.5 Å². The summed E-state index contributed by atoms with van der Waals surface area (Å²) < 4.78 is 53.6. The van der Waals surface area contributed by atoms with Crippen molar-refractivity contribution in [2.24, 2.45) is 5.92 Å². The van der Waals surface area contributed by atoms with Gasteiger partial charge < -0.3 is 52.1 Å². The summed E-state index contributed by atoms with van der Waals surface area (Å²) in [7, 11) is 0. The van der Waals surface area contributed by atoms with Gasteiger partial charge in [0, 0.05) is 47.6 Å². The quantitative estimate of drug-likeness (QED) is 0.0381. The molecule has 0 aromatic heterocycles. The lowest BCUT2D eigenvalue weighted by atomic mass is 10.1. The highest BCUT2D eigenvalue weighted by molar-refractivity contribution is 5.87. The number of hydrogen-bond donors (Lipinski definition) is 0. The summed E-state index contributed by atoms with van der Waals surface area (Å²) >= 11 is 0. The fraction of sp³-hybridized carbons (Fsp3) is 0.478. The molecule has 19 nitrogen and oxygen atoms in total. The Morgan fingerprint density at radius 3 is 0.908 bits per heavy atom. The van der Waals surface area contributed by atoms with Crippen LogP contribution < -0.4 is 0 Å². The van der Waals surface area contributed by atoms with Gasteiger partial charge in [-0.1, -0.05) is 59.6 Å². The third-order valence-electron chi connectivity index (χ3n) is 6.61. The molecule has 0 spiro atoms.